The normalized spacial score (nSPS) is 10.8. The number of H-pyrrole nitrogens is 1. The zero-order valence-electron chi connectivity index (χ0n) is 13.2. The first-order valence-corrected chi connectivity index (χ1v) is 8.06. The molecule has 0 saturated carbocycles. The van der Waals surface area contributed by atoms with Gasteiger partial charge in [0.05, 0.1) is 5.69 Å². The van der Waals surface area contributed by atoms with E-state index >= 15 is 0 Å². The van der Waals surface area contributed by atoms with Gasteiger partial charge in [-0.25, -0.2) is 0 Å². The second-order valence-corrected chi connectivity index (χ2v) is 5.88. The third kappa shape index (κ3) is 2.63. The second kappa shape index (κ2) is 6.17. The summed E-state index contributed by atoms with van der Waals surface area (Å²) in [4.78, 5) is 16.6. The van der Waals surface area contributed by atoms with E-state index in [1.54, 1.807) is 0 Å². The summed E-state index contributed by atoms with van der Waals surface area (Å²) in [5, 5.41) is 0.739. The Kier molecular flexibility index (Phi) is 3.72. The molecule has 0 atom stereocenters. The Morgan fingerprint density at radius 3 is 2.08 bits per heavy atom. The molecule has 24 heavy (non-hydrogen) atoms. The molecule has 0 aliphatic carbocycles. The minimum absolute atomic E-state index is 0.104. The molecule has 0 fully saturated rings. The lowest BCUT2D eigenvalue weighted by molar-refractivity contribution is 1.15. The maximum Gasteiger partial charge on any atom is 0.193 e. The lowest BCUT2D eigenvalue weighted by Crippen LogP contribution is -2.13. The molecular weight excluding hydrogens is 294 g/mol. The van der Waals surface area contributed by atoms with E-state index in [9.17, 15) is 4.79 Å². The van der Waals surface area contributed by atoms with E-state index < -0.39 is 0 Å². The number of para-hydroxylation sites is 1. The van der Waals surface area contributed by atoms with Crippen LogP contribution in [-0.2, 0) is 6.42 Å². The van der Waals surface area contributed by atoms with Crippen LogP contribution < -0.4 is 5.43 Å². The maximum absolute atomic E-state index is 13.1. The monoisotopic (exact) mass is 311 g/mol. The first-order chi connectivity index (χ1) is 11.8. The summed E-state index contributed by atoms with van der Waals surface area (Å²) in [6.07, 6.45) is 0.616. The van der Waals surface area contributed by atoms with Crippen molar-refractivity contribution in [2.75, 3.05) is 0 Å². The first kappa shape index (κ1) is 14.5. The van der Waals surface area contributed by atoms with Crippen LogP contribution >= 0.6 is 0 Å². The lowest BCUT2D eigenvalue weighted by Gasteiger charge is -2.12. The van der Waals surface area contributed by atoms with Gasteiger partial charge in [-0.15, -0.1) is 0 Å². The molecule has 0 spiro atoms. The van der Waals surface area contributed by atoms with Crippen LogP contribution in [-0.4, -0.2) is 4.98 Å². The summed E-state index contributed by atoms with van der Waals surface area (Å²) in [5.41, 5.74) is 4.86. The summed E-state index contributed by atoms with van der Waals surface area (Å²) < 4.78 is 0. The molecule has 3 aromatic carbocycles. The van der Waals surface area contributed by atoms with Crippen LogP contribution in [0.3, 0.4) is 0 Å². The van der Waals surface area contributed by atoms with Crippen LogP contribution in [0.2, 0.25) is 0 Å². The second-order valence-electron chi connectivity index (χ2n) is 5.88. The Morgan fingerprint density at radius 2 is 1.33 bits per heavy atom. The third-order valence-corrected chi connectivity index (χ3v) is 4.29. The molecule has 1 aromatic heterocycles. The molecule has 0 saturated heterocycles. The Bertz CT molecular complexity index is 1030. The number of aromatic amines is 1. The van der Waals surface area contributed by atoms with Crippen molar-refractivity contribution in [2.45, 2.75) is 6.42 Å². The van der Waals surface area contributed by atoms with Crippen LogP contribution in [0.5, 0.6) is 0 Å². The van der Waals surface area contributed by atoms with E-state index in [1.165, 1.54) is 0 Å². The molecule has 2 heteroatoms. The number of rotatable bonds is 3. The summed E-state index contributed by atoms with van der Waals surface area (Å²) in [5.74, 6) is 0. The average molecular weight is 311 g/mol. The van der Waals surface area contributed by atoms with Crippen molar-refractivity contribution in [2.24, 2.45) is 0 Å². The molecule has 0 aliphatic rings. The highest BCUT2D eigenvalue weighted by Gasteiger charge is 2.13. The fraction of sp³-hybridized carbons (Fsp3) is 0.0455. The largest absolute Gasteiger partial charge is 0.354 e. The van der Waals surface area contributed by atoms with Gasteiger partial charge in [0.2, 0.25) is 0 Å². The predicted molar refractivity (Wildman–Crippen MR) is 99.3 cm³/mol. The van der Waals surface area contributed by atoms with Crippen LogP contribution in [0.15, 0.2) is 89.7 Å². The van der Waals surface area contributed by atoms with Crippen molar-refractivity contribution < 1.29 is 0 Å². The van der Waals surface area contributed by atoms with Gasteiger partial charge in [-0.1, -0.05) is 72.8 Å². The summed E-state index contributed by atoms with van der Waals surface area (Å²) in [6, 6.07) is 27.9. The number of nitrogens with one attached hydrogen (secondary N) is 1. The zero-order chi connectivity index (χ0) is 16.4. The molecule has 0 radical (unpaired) electrons. The predicted octanol–water partition coefficient (Wildman–Crippen LogP) is 4.79. The van der Waals surface area contributed by atoms with E-state index in [1.807, 2.05) is 72.8 Å². The van der Waals surface area contributed by atoms with Crippen LogP contribution in [0.4, 0.5) is 0 Å². The van der Waals surface area contributed by atoms with Crippen molar-refractivity contribution in [3.05, 3.63) is 106 Å². The molecule has 2 nitrogen and oxygen atoms in total. The van der Waals surface area contributed by atoms with Gasteiger partial charge in [0.25, 0.3) is 0 Å². The Morgan fingerprint density at radius 1 is 0.708 bits per heavy atom. The van der Waals surface area contributed by atoms with Crippen LogP contribution in [0, 0.1) is 0 Å². The molecule has 1 heterocycles. The highest BCUT2D eigenvalue weighted by atomic mass is 16.1. The van der Waals surface area contributed by atoms with Gasteiger partial charge in [0, 0.05) is 22.9 Å². The van der Waals surface area contributed by atoms with Gasteiger partial charge in [0.15, 0.2) is 5.43 Å². The van der Waals surface area contributed by atoms with Crippen molar-refractivity contribution in [3.63, 3.8) is 0 Å². The van der Waals surface area contributed by atoms with Crippen molar-refractivity contribution >= 4 is 10.9 Å². The molecule has 0 amide bonds. The van der Waals surface area contributed by atoms with Gasteiger partial charge in [-0.2, -0.15) is 0 Å². The van der Waals surface area contributed by atoms with Gasteiger partial charge >= 0.3 is 0 Å². The summed E-state index contributed by atoms with van der Waals surface area (Å²) in [6.45, 7) is 0. The van der Waals surface area contributed by atoms with Crippen molar-refractivity contribution in [1.82, 2.24) is 4.98 Å². The van der Waals surface area contributed by atoms with Gasteiger partial charge in [0.1, 0.15) is 0 Å². The first-order valence-electron chi connectivity index (χ1n) is 8.06. The van der Waals surface area contributed by atoms with Crippen LogP contribution in [0.25, 0.3) is 22.2 Å². The number of aromatic nitrogens is 1. The molecule has 4 aromatic rings. The molecule has 0 aliphatic heterocycles. The highest BCUT2D eigenvalue weighted by molar-refractivity contribution is 5.83. The van der Waals surface area contributed by atoms with E-state index in [2.05, 4.69) is 17.1 Å². The summed E-state index contributed by atoms with van der Waals surface area (Å²) >= 11 is 0. The Hall–Kier alpha value is -3.13. The smallest absolute Gasteiger partial charge is 0.193 e. The number of pyridine rings is 1. The van der Waals surface area contributed by atoms with Gasteiger partial charge < -0.3 is 4.98 Å². The van der Waals surface area contributed by atoms with Crippen LogP contribution in [0.1, 0.15) is 11.1 Å². The molecular formula is C22H17NO. The van der Waals surface area contributed by atoms with Crippen molar-refractivity contribution in [3.8, 4) is 11.3 Å². The van der Waals surface area contributed by atoms with E-state index in [4.69, 9.17) is 0 Å². The van der Waals surface area contributed by atoms with E-state index in [0.29, 0.717) is 6.42 Å². The third-order valence-electron chi connectivity index (χ3n) is 4.29. The fourth-order valence-electron chi connectivity index (χ4n) is 3.10. The molecule has 1 N–H and O–H groups in total. The number of fused-ring (bicyclic) bond motifs is 1. The minimum atomic E-state index is 0.104. The summed E-state index contributed by atoms with van der Waals surface area (Å²) in [7, 11) is 0. The molecule has 4 rings (SSSR count). The van der Waals surface area contributed by atoms with Gasteiger partial charge in [-0.05, 0) is 23.3 Å². The van der Waals surface area contributed by atoms with E-state index in [0.717, 1.165) is 33.3 Å². The highest BCUT2D eigenvalue weighted by Crippen LogP contribution is 2.24. The van der Waals surface area contributed by atoms with Gasteiger partial charge in [-0.3, -0.25) is 4.79 Å². The SMILES string of the molecule is O=c1c(Cc2ccccc2)c(-c2ccccc2)[nH]c2ccccc12. The molecule has 116 valence electrons. The van der Waals surface area contributed by atoms with E-state index in [-0.39, 0.29) is 5.43 Å². The quantitative estimate of drug-likeness (QED) is 0.580. The molecule has 0 bridgehead atoms. The standard InChI is InChI=1S/C22H17NO/c24-22-18-13-7-8-14-20(18)23-21(17-11-5-2-6-12-17)19(22)15-16-9-3-1-4-10-16/h1-14H,15H2,(H,23,24). The average Bonchev–Trinajstić information content (AvgIpc) is 2.65. The number of hydrogen-bond acceptors (Lipinski definition) is 1. The lowest BCUT2D eigenvalue weighted by atomic mass is 9.97. The minimum Gasteiger partial charge on any atom is -0.354 e. The fourth-order valence-corrected chi connectivity index (χ4v) is 3.10. The van der Waals surface area contributed by atoms with Crippen molar-refractivity contribution in [1.29, 1.82) is 0 Å². The number of hydrogen-bond donors (Lipinski definition) is 1. The Balaban J connectivity index is 1.98. The Labute approximate surface area is 140 Å². The topological polar surface area (TPSA) is 32.9 Å². The maximum atomic E-state index is 13.1. The zero-order valence-corrected chi connectivity index (χ0v) is 13.2. The number of benzene rings is 3. The molecule has 0 unspecified atom stereocenters.